The second kappa shape index (κ2) is 7.95. The minimum Gasteiger partial charge on any atom is -0.444 e. The number of aromatic nitrogens is 1. The molecule has 1 aromatic heterocycles. The van der Waals surface area contributed by atoms with Crippen LogP contribution in [0.4, 0.5) is 18.0 Å². The first-order valence-corrected chi connectivity index (χ1v) is 11.4. The number of nitriles is 1. The zero-order chi connectivity index (χ0) is 25.9. The number of rotatable bonds is 4. The van der Waals surface area contributed by atoms with E-state index in [4.69, 9.17) is 4.74 Å². The summed E-state index contributed by atoms with van der Waals surface area (Å²) in [5.74, 6) is 0. The quantitative estimate of drug-likeness (QED) is 0.653. The minimum absolute atomic E-state index is 0.0385. The Morgan fingerprint density at radius 3 is 2.20 bits per heavy atom. The highest BCUT2D eigenvalue weighted by Gasteiger charge is 2.64. The highest BCUT2D eigenvalue weighted by Crippen LogP contribution is 2.59. The Bertz CT molecular complexity index is 1170. The zero-order valence-corrected chi connectivity index (χ0v) is 20.1. The molecule has 1 unspecified atom stereocenters. The van der Waals surface area contributed by atoms with Crippen LogP contribution in [0.15, 0.2) is 42.7 Å². The van der Waals surface area contributed by atoms with Crippen LogP contribution in [0.1, 0.15) is 62.8 Å². The molecule has 1 N–H and O–H groups in total. The van der Waals surface area contributed by atoms with Crippen molar-refractivity contribution in [1.29, 1.82) is 5.26 Å². The van der Waals surface area contributed by atoms with Gasteiger partial charge in [-0.1, -0.05) is 31.2 Å². The summed E-state index contributed by atoms with van der Waals surface area (Å²) < 4.78 is 46.3. The normalized spacial score (nSPS) is 20.3. The number of carbonyl (C=O) groups is 1. The molecule has 1 aliphatic heterocycles. The highest BCUT2D eigenvalue weighted by atomic mass is 19.4. The predicted molar refractivity (Wildman–Crippen MR) is 121 cm³/mol. The molecule has 9 heteroatoms. The smallest absolute Gasteiger partial charge is 0.410 e. The van der Waals surface area contributed by atoms with Crippen molar-refractivity contribution in [2.45, 2.75) is 63.3 Å². The van der Waals surface area contributed by atoms with Crippen LogP contribution >= 0.6 is 0 Å². The molecule has 2 heterocycles. The average Bonchev–Trinajstić information content (AvgIpc) is 3.57. The number of hydrogen-bond donors (Lipinski definition) is 1. The maximum absolute atomic E-state index is 13.6. The average molecular weight is 488 g/mol. The van der Waals surface area contributed by atoms with Crippen LogP contribution < -0.4 is 0 Å². The van der Waals surface area contributed by atoms with E-state index in [1.807, 2.05) is 6.07 Å². The van der Waals surface area contributed by atoms with Crippen LogP contribution in [0, 0.1) is 16.7 Å². The van der Waals surface area contributed by atoms with Crippen LogP contribution in [-0.4, -0.2) is 46.0 Å². The Morgan fingerprint density at radius 1 is 1.11 bits per heavy atom. The molecule has 4 rings (SSSR count). The first kappa shape index (κ1) is 25.0. The third-order valence-electron chi connectivity index (χ3n) is 7.04. The Balaban J connectivity index is 1.72. The van der Waals surface area contributed by atoms with E-state index in [0.717, 1.165) is 0 Å². The lowest BCUT2D eigenvalue weighted by atomic mass is 9.62. The van der Waals surface area contributed by atoms with Crippen molar-refractivity contribution in [1.82, 2.24) is 9.88 Å². The summed E-state index contributed by atoms with van der Waals surface area (Å²) in [5.41, 5.74) is -4.07. The lowest BCUT2D eigenvalue weighted by molar-refractivity contribution is -0.160. The third kappa shape index (κ3) is 4.14. The number of likely N-dealkylation sites (tertiary alicyclic amines) is 1. The monoisotopic (exact) mass is 487 g/mol. The second-order valence-electron chi connectivity index (χ2n) is 10.8. The lowest BCUT2D eigenvalue weighted by Gasteiger charge is -2.56. The fourth-order valence-electron chi connectivity index (χ4n) is 4.93. The number of carbonyl (C=O) groups excluding carboxylic acids is 1. The SMILES string of the molecule is CC(C)(C)OC(=O)N1CC(C)(C(O)(c2ccc(C3(C(F)(F)F)CC3)cc2)c2cncc(C#N)c2)C1. The second-order valence-corrected chi connectivity index (χ2v) is 10.8. The standard InChI is InChI=1S/C26H28F3N3O3/c1-22(2,3)35-21(33)32-15-23(4,16-32)25(34,20-11-17(12-30)13-31-14-20)19-7-5-18(6-8-19)24(9-10-24)26(27,28)29/h5-8,11,13-14,34H,9-10,15-16H2,1-4H3. The van der Waals surface area contributed by atoms with Crippen molar-refractivity contribution in [3.63, 3.8) is 0 Å². The van der Waals surface area contributed by atoms with E-state index in [2.05, 4.69) is 4.98 Å². The summed E-state index contributed by atoms with van der Waals surface area (Å²) in [6, 6.07) is 9.34. The number of amides is 1. The number of pyridine rings is 1. The van der Waals surface area contributed by atoms with Gasteiger partial charge in [0, 0.05) is 36.5 Å². The molecule has 1 aromatic carbocycles. The zero-order valence-electron chi connectivity index (χ0n) is 20.1. The molecular formula is C26H28F3N3O3. The van der Waals surface area contributed by atoms with Gasteiger partial charge in [0.25, 0.3) is 0 Å². The summed E-state index contributed by atoms with van der Waals surface area (Å²) in [7, 11) is 0. The van der Waals surface area contributed by atoms with Crippen LogP contribution in [-0.2, 0) is 15.8 Å². The first-order valence-electron chi connectivity index (χ1n) is 11.4. The molecule has 0 radical (unpaired) electrons. The maximum Gasteiger partial charge on any atom is 0.410 e. The molecule has 2 aliphatic rings. The highest BCUT2D eigenvalue weighted by molar-refractivity contribution is 5.70. The number of hydrogen-bond acceptors (Lipinski definition) is 5. The van der Waals surface area contributed by atoms with E-state index in [0.29, 0.717) is 11.1 Å². The van der Waals surface area contributed by atoms with Gasteiger partial charge in [-0.2, -0.15) is 18.4 Å². The van der Waals surface area contributed by atoms with Crippen LogP contribution in [0.3, 0.4) is 0 Å². The van der Waals surface area contributed by atoms with Crippen molar-refractivity contribution in [2.24, 2.45) is 5.41 Å². The first-order chi connectivity index (χ1) is 16.2. The summed E-state index contributed by atoms with van der Waals surface area (Å²) in [4.78, 5) is 18.1. The van der Waals surface area contributed by atoms with Crippen molar-refractivity contribution in [3.05, 3.63) is 65.0 Å². The molecule has 1 aliphatic carbocycles. The van der Waals surface area contributed by atoms with Gasteiger partial charge in [-0.3, -0.25) is 4.98 Å². The van der Waals surface area contributed by atoms with Gasteiger partial charge in [0.05, 0.1) is 11.0 Å². The van der Waals surface area contributed by atoms with Gasteiger partial charge in [-0.25, -0.2) is 4.79 Å². The number of aliphatic hydroxyl groups is 1. The summed E-state index contributed by atoms with van der Waals surface area (Å²) in [5, 5.41) is 21.6. The van der Waals surface area contributed by atoms with E-state index < -0.39 is 34.3 Å². The molecule has 1 atom stereocenters. The third-order valence-corrected chi connectivity index (χ3v) is 7.04. The number of halogens is 3. The Hall–Kier alpha value is -3.12. The molecule has 1 saturated heterocycles. The van der Waals surface area contributed by atoms with Gasteiger partial charge in [0.2, 0.25) is 0 Å². The number of nitrogens with zero attached hydrogens (tertiary/aromatic N) is 3. The number of ether oxygens (including phenoxy) is 1. The van der Waals surface area contributed by atoms with Gasteiger partial charge >= 0.3 is 12.3 Å². The fraction of sp³-hybridized carbons (Fsp3) is 0.500. The molecule has 2 fully saturated rings. The van der Waals surface area contributed by atoms with Crippen molar-refractivity contribution >= 4 is 6.09 Å². The van der Waals surface area contributed by atoms with Crippen molar-refractivity contribution in [2.75, 3.05) is 13.1 Å². The number of benzene rings is 1. The van der Waals surface area contributed by atoms with Crippen LogP contribution in [0.2, 0.25) is 0 Å². The summed E-state index contributed by atoms with van der Waals surface area (Å²) in [6.45, 7) is 7.35. The largest absolute Gasteiger partial charge is 0.444 e. The molecule has 6 nitrogen and oxygen atoms in total. The maximum atomic E-state index is 13.6. The van der Waals surface area contributed by atoms with Gasteiger partial charge in [-0.05, 0) is 50.8 Å². The molecule has 1 saturated carbocycles. The van der Waals surface area contributed by atoms with E-state index in [1.54, 1.807) is 27.7 Å². The predicted octanol–water partition coefficient (Wildman–Crippen LogP) is 5.04. The van der Waals surface area contributed by atoms with E-state index >= 15 is 0 Å². The molecule has 35 heavy (non-hydrogen) atoms. The number of alkyl halides is 3. The molecular weight excluding hydrogens is 459 g/mol. The molecule has 0 bridgehead atoms. The summed E-state index contributed by atoms with van der Waals surface area (Å²) >= 11 is 0. The van der Waals surface area contributed by atoms with E-state index in [9.17, 15) is 28.3 Å². The Kier molecular flexibility index (Phi) is 5.68. The topological polar surface area (TPSA) is 86.4 Å². The van der Waals surface area contributed by atoms with Gasteiger partial charge < -0.3 is 14.7 Å². The Labute approximate surface area is 202 Å². The van der Waals surface area contributed by atoms with Crippen LogP contribution in [0.25, 0.3) is 0 Å². The molecule has 186 valence electrons. The fourth-order valence-corrected chi connectivity index (χ4v) is 4.93. The van der Waals surface area contributed by atoms with E-state index in [1.165, 1.54) is 47.6 Å². The Morgan fingerprint density at radius 2 is 1.71 bits per heavy atom. The molecule has 0 spiro atoms. The lowest BCUT2D eigenvalue weighted by Crippen LogP contribution is -2.66. The minimum atomic E-state index is -4.34. The van der Waals surface area contributed by atoms with Gasteiger partial charge in [0.1, 0.15) is 17.3 Å². The van der Waals surface area contributed by atoms with Crippen LogP contribution in [0.5, 0.6) is 0 Å². The van der Waals surface area contributed by atoms with Gasteiger partial charge in [-0.15, -0.1) is 0 Å². The summed E-state index contributed by atoms with van der Waals surface area (Å²) in [6.07, 6.45) is -1.98. The molecule has 1 amide bonds. The molecule has 2 aromatic rings. The van der Waals surface area contributed by atoms with Crippen molar-refractivity contribution < 1.29 is 27.8 Å². The van der Waals surface area contributed by atoms with E-state index in [-0.39, 0.29) is 37.1 Å². The van der Waals surface area contributed by atoms with Gasteiger partial charge in [0.15, 0.2) is 0 Å². The van der Waals surface area contributed by atoms with Crippen molar-refractivity contribution in [3.8, 4) is 6.07 Å².